The first-order valence-corrected chi connectivity index (χ1v) is 7.50. The predicted molar refractivity (Wildman–Crippen MR) is 72.1 cm³/mol. The number of rotatable bonds is 3. The number of amides is 1. The van der Waals surface area contributed by atoms with Gasteiger partial charge in [-0.2, -0.15) is 0 Å². The first-order valence-electron chi connectivity index (χ1n) is 7.50. The van der Waals surface area contributed by atoms with Crippen LogP contribution in [0.5, 0.6) is 0 Å². The molecule has 2 fully saturated rings. The van der Waals surface area contributed by atoms with E-state index < -0.39 is 5.60 Å². The highest BCUT2D eigenvalue weighted by molar-refractivity contribution is 5.79. The van der Waals surface area contributed by atoms with Crippen LogP contribution in [0.3, 0.4) is 0 Å². The van der Waals surface area contributed by atoms with E-state index in [0.717, 1.165) is 25.7 Å². The molecule has 0 aromatic heterocycles. The number of aliphatic hydroxyl groups is 1. The smallest absolute Gasteiger partial charge is 0.223 e. The molecule has 0 bridgehead atoms. The van der Waals surface area contributed by atoms with Crippen molar-refractivity contribution in [3.05, 3.63) is 0 Å². The molecule has 104 valence electrons. The molecule has 0 aromatic rings. The monoisotopic (exact) mass is 253 g/mol. The molecule has 2 N–H and O–H groups in total. The average Bonchev–Trinajstić information content (AvgIpc) is 2.72. The highest BCUT2D eigenvalue weighted by atomic mass is 16.3. The Morgan fingerprint density at radius 3 is 2.67 bits per heavy atom. The van der Waals surface area contributed by atoms with E-state index in [1.165, 1.54) is 19.3 Å². The fourth-order valence-electron chi connectivity index (χ4n) is 3.71. The Balaban J connectivity index is 1.81. The topological polar surface area (TPSA) is 49.3 Å². The fraction of sp³-hybridized carbons (Fsp3) is 0.933. The summed E-state index contributed by atoms with van der Waals surface area (Å²) in [5.41, 5.74) is -0.658. The third kappa shape index (κ3) is 3.25. The third-order valence-electron chi connectivity index (χ3n) is 4.86. The highest BCUT2D eigenvalue weighted by Gasteiger charge is 2.35. The minimum atomic E-state index is -0.658. The molecular formula is C15H27NO2. The van der Waals surface area contributed by atoms with Gasteiger partial charge in [-0.25, -0.2) is 0 Å². The van der Waals surface area contributed by atoms with Gasteiger partial charge in [0.05, 0.1) is 5.60 Å². The summed E-state index contributed by atoms with van der Waals surface area (Å²) in [6.45, 7) is 4.79. The van der Waals surface area contributed by atoms with Crippen LogP contribution < -0.4 is 5.32 Å². The van der Waals surface area contributed by atoms with Crippen molar-refractivity contribution in [2.75, 3.05) is 6.54 Å². The molecule has 1 amide bonds. The van der Waals surface area contributed by atoms with Crippen molar-refractivity contribution >= 4 is 5.91 Å². The first-order chi connectivity index (χ1) is 8.50. The molecule has 0 radical (unpaired) electrons. The zero-order chi connectivity index (χ0) is 13.2. The highest BCUT2D eigenvalue weighted by Crippen LogP contribution is 2.33. The molecular weight excluding hydrogens is 226 g/mol. The molecule has 2 aliphatic carbocycles. The molecule has 4 atom stereocenters. The van der Waals surface area contributed by atoms with Crippen LogP contribution in [0.1, 0.15) is 58.8 Å². The number of carbonyl (C=O) groups excluding carboxylic acids is 1. The maximum Gasteiger partial charge on any atom is 0.223 e. The molecule has 3 nitrogen and oxygen atoms in total. The lowest BCUT2D eigenvalue weighted by Crippen LogP contribution is -2.47. The average molecular weight is 253 g/mol. The van der Waals surface area contributed by atoms with Gasteiger partial charge in [0.25, 0.3) is 0 Å². The van der Waals surface area contributed by atoms with Gasteiger partial charge in [0.15, 0.2) is 0 Å². The minimum Gasteiger partial charge on any atom is -0.388 e. The summed E-state index contributed by atoms with van der Waals surface area (Å²) in [6, 6.07) is 0. The van der Waals surface area contributed by atoms with Gasteiger partial charge < -0.3 is 10.4 Å². The van der Waals surface area contributed by atoms with Crippen molar-refractivity contribution in [2.24, 2.45) is 17.8 Å². The maximum atomic E-state index is 12.1. The van der Waals surface area contributed by atoms with Gasteiger partial charge in [0, 0.05) is 12.5 Å². The lowest BCUT2D eigenvalue weighted by atomic mass is 9.79. The van der Waals surface area contributed by atoms with E-state index in [9.17, 15) is 9.90 Å². The van der Waals surface area contributed by atoms with E-state index in [1.54, 1.807) is 0 Å². The predicted octanol–water partition coefficient (Wildman–Crippen LogP) is 2.48. The minimum absolute atomic E-state index is 0.159. The SMILES string of the molecule is CC1CCCC(O)(CNC(=O)C2CCCC2C)C1. The number of hydrogen-bond donors (Lipinski definition) is 2. The molecule has 2 saturated carbocycles. The van der Waals surface area contributed by atoms with Crippen molar-refractivity contribution < 1.29 is 9.90 Å². The number of hydrogen-bond acceptors (Lipinski definition) is 2. The molecule has 2 rings (SSSR count). The Morgan fingerprint density at radius 1 is 1.28 bits per heavy atom. The van der Waals surface area contributed by atoms with Crippen LogP contribution >= 0.6 is 0 Å². The third-order valence-corrected chi connectivity index (χ3v) is 4.86. The van der Waals surface area contributed by atoms with Gasteiger partial charge in [-0.05, 0) is 37.5 Å². The standard InChI is InChI=1S/C15H27NO2/c1-11-5-4-8-15(18,9-11)10-16-14(17)13-7-3-6-12(13)2/h11-13,18H,3-10H2,1-2H3,(H,16,17). The van der Waals surface area contributed by atoms with E-state index >= 15 is 0 Å². The van der Waals surface area contributed by atoms with Crippen LogP contribution in [0.4, 0.5) is 0 Å². The number of nitrogens with one attached hydrogen (secondary N) is 1. The van der Waals surface area contributed by atoms with Crippen LogP contribution in [0.2, 0.25) is 0 Å². The van der Waals surface area contributed by atoms with E-state index in [-0.39, 0.29) is 11.8 Å². The molecule has 0 saturated heterocycles. The molecule has 4 unspecified atom stereocenters. The zero-order valence-electron chi connectivity index (χ0n) is 11.7. The summed E-state index contributed by atoms with van der Waals surface area (Å²) < 4.78 is 0. The van der Waals surface area contributed by atoms with Crippen molar-refractivity contribution in [1.82, 2.24) is 5.32 Å². The second kappa shape index (κ2) is 5.60. The Morgan fingerprint density at radius 2 is 2.06 bits per heavy atom. The first kappa shape index (κ1) is 13.9. The molecule has 18 heavy (non-hydrogen) atoms. The van der Waals surface area contributed by atoms with Crippen molar-refractivity contribution in [1.29, 1.82) is 0 Å². The van der Waals surface area contributed by atoms with Gasteiger partial charge in [0.1, 0.15) is 0 Å². The Hall–Kier alpha value is -0.570. The van der Waals surface area contributed by atoms with Gasteiger partial charge in [-0.15, -0.1) is 0 Å². The van der Waals surface area contributed by atoms with Gasteiger partial charge in [-0.1, -0.05) is 33.1 Å². The van der Waals surface area contributed by atoms with Crippen LogP contribution in [-0.2, 0) is 4.79 Å². The maximum absolute atomic E-state index is 12.1. The molecule has 3 heteroatoms. The van der Waals surface area contributed by atoms with Crippen LogP contribution in [-0.4, -0.2) is 23.2 Å². The van der Waals surface area contributed by atoms with Gasteiger partial charge in [0.2, 0.25) is 5.91 Å². The van der Waals surface area contributed by atoms with Crippen molar-refractivity contribution in [3.8, 4) is 0 Å². The van der Waals surface area contributed by atoms with E-state index in [4.69, 9.17) is 0 Å². The number of carbonyl (C=O) groups is 1. The Bertz CT molecular complexity index is 305. The van der Waals surface area contributed by atoms with Crippen LogP contribution in [0.25, 0.3) is 0 Å². The summed E-state index contributed by atoms with van der Waals surface area (Å²) in [7, 11) is 0. The van der Waals surface area contributed by atoms with Crippen molar-refractivity contribution in [2.45, 2.75) is 64.4 Å². The van der Waals surface area contributed by atoms with Gasteiger partial charge in [-0.3, -0.25) is 4.79 Å². The van der Waals surface area contributed by atoms with Crippen LogP contribution in [0.15, 0.2) is 0 Å². The van der Waals surface area contributed by atoms with Crippen molar-refractivity contribution in [3.63, 3.8) is 0 Å². The molecule has 0 heterocycles. The second-order valence-corrected chi connectivity index (χ2v) is 6.66. The second-order valence-electron chi connectivity index (χ2n) is 6.66. The van der Waals surface area contributed by atoms with Gasteiger partial charge >= 0.3 is 0 Å². The summed E-state index contributed by atoms with van der Waals surface area (Å²) in [6.07, 6.45) is 7.29. The zero-order valence-corrected chi connectivity index (χ0v) is 11.7. The summed E-state index contributed by atoms with van der Waals surface area (Å²) in [5.74, 6) is 1.41. The lowest BCUT2D eigenvalue weighted by Gasteiger charge is -2.36. The Labute approximate surface area is 110 Å². The fourth-order valence-corrected chi connectivity index (χ4v) is 3.71. The normalized spacial score (nSPS) is 40.7. The largest absolute Gasteiger partial charge is 0.388 e. The summed E-state index contributed by atoms with van der Waals surface area (Å²) in [5, 5.41) is 13.5. The summed E-state index contributed by atoms with van der Waals surface area (Å²) >= 11 is 0. The van der Waals surface area contributed by atoms with E-state index in [0.29, 0.717) is 18.4 Å². The molecule has 0 aliphatic heterocycles. The van der Waals surface area contributed by atoms with E-state index in [1.807, 2.05) is 0 Å². The lowest BCUT2D eigenvalue weighted by molar-refractivity contribution is -0.127. The van der Waals surface area contributed by atoms with Crippen LogP contribution in [0, 0.1) is 17.8 Å². The molecule has 0 spiro atoms. The summed E-state index contributed by atoms with van der Waals surface area (Å²) in [4.78, 5) is 12.1. The quantitative estimate of drug-likeness (QED) is 0.812. The molecule has 0 aromatic carbocycles. The molecule has 2 aliphatic rings. The van der Waals surface area contributed by atoms with E-state index in [2.05, 4.69) is 19.2 Å². The Kier molecular flexibility index (Phi) is 4.31.